The number of nitrogens with one attached hydrogen (secondary N) is 1. The number of nitrogens with zero attached hydrogens (tertiary/aromatic N) is 2. The highest BCUT2D eigenvalue weighted by Crippen LogP contribution is 2.29. The molecule has 146 valence electrons. The topological polar surface area (TPSA) is 76.7 Å². The molecule has 7 heteroatoms. The summed E-state index contributed by atoms with van der Waals surface area (Å²) in [4.78, 5) is 17.0. The van der Waals surface area contributed by atoms with Crippen molar-refractivity contribution in [3.05, 3.63) is 75.5 Å². The van der Waals surface area contributed by atoms with E-state index in [1.807, 2.05) is 50.2 Å². The fourth-order valence-corrected chi connectivity index (χ4v) is 3.55. The van der Waals surface area contributed by atoms with Crippen LogP contribution in [0.15, 0.2) is 68.2 Å². The first-order chi connectivity index (χ1) is 14.0. The van der Waals surface area contributed by atoms with E-state index in [2.05, 4.69) is 15.5 Å². The molecule has 0 aliphatic carbocycles. The Morgan fingerprint density at radius 2 is 2.00 bits per heavy atom. The summed E-state index contributed by atoms with van der Waals surface area (Å²) < 4.78 is 10.7. The number of aryl methyl sites for hydroxylation is 1. The second-order valence-corrected chi connectivity index (χ2v) is 7.40. The maximum atomic E-state index is 12.5. The van der Waals surface area contributed by atoms with Crippen LogP contribution in [0, 0.1) is 6.92 Å². The summed E-state index contributed by atoms with van der Waals surface area (Å²) in [6.07, 6.45) is 0. The van der Waals surface area contributed by atoms with Gasteiger partial charge in [-0.05, 0) is 31.5 Å². The first-order valence-electron chi connectivity index (χ1n) is 8.99. The third-order valence-corrected chi connectivity index (χ3v) is 5.26. The van der Waals surface area contributed by atoms with Gasteiger partial charge in [0.1, 0.15) is 0 Å². The molecule has 0 saturated heterocycles. The van der Waals surface area contributed by atoms with Gasteiger partial charge in [0.15, 0.2) is 11.3 Å². The van der Waals surface area contributed by atoms with Gasteiger partial charge in [-0.15, -0.1) is 11.3 Å². The van der Waals surface area contributed by atoms with Crippen molar-refractivity contribution in [2.75, 3.05) is 12.5 Å². The molecule has 0 aliphatic rings. The maximum absolute atomic E-state index is 12.5. The number of thiazole rings is 1. The van der Waals surface area contributed by atoms with Gasteiger partial charge in [0.05, 0.1) is 24.1 Å². The second-order valence-electron chi connectivity index (χ2n) is 6.54. The van der Waals surface area contributed by atoms with Crippen molar-refractivity contribution in [3.8, 4) is 17.0 Å². The van der Waals surface area contributed by atoms with E-state index in [4.69, 9.17) is 9.15 Å². The fourth-order valence-electron chi connectivity index (χ4n) is 2.90. The van der Waals surface area contributed by atoms with Crippen molar-refractivity contribution >= 4 is 33.1 Å². The maximum Gasteiger partial charge on any atom is 0.345 e. The van der Waals surface area contributed by atoms with E-state index < -0.39 is 5.63 Å². The molecule has 6 nitrogen and oxygen atoms in total. The van der Waals surface area contributed by atoms with Crippen molar-refractivity contribution in [1.29, 1.82) is 0 Å². The minimum atomic E-state index is -0.460. The first-order valence-corrected chi connectivity index (χ1v) is 9.87. The normalized spacial score (nSPS) is 11.6. The number of fused-ring (bicyclic) bond motifs is 1. The molecule has 2 aromatic heterocycles. The summed E-state index contributed by atoms with van der Waals surface area (Å²) in [5.74, 6) is 0.521. The van der Waals surface area contributed by atoms with Crippen molar-refractivity contribution in [2.24, 2.45) is 5.10 Å². The Labute approximate surface area is 171 Å². The predicted octanol–water partition coefficient (Wildman–Crippen LogP) is 5.07. The van der Waals surface area contributed by atoms with Gasteiger partial charge in [-0.2, -0.15) is 5.10 Å². The number of aromatic nitrogens is 1. The third-order valence-electron chi connectivity index (χ3n) is 4.51. The number of ether oxygens (including phenoxy) is 1. The van der Waals surface area contributed by atoms with Gasteiger partial charge in [0, 0.05) is 10.8 Å². The quantitative estimate of drug-likeness (QED) is 0.285. The standard InChI is InChI=1S/C22H19N3O3S/c1-13-7-9-15(10-8-13)14(2)24-25-22-23-18(12-29-22)17-11-16-5-4-6-19(27-3)20(16)28-21(17)26/h4-12H,1-3H3,(H,23,25)/b24-14+. The Morgan fingerprint density at radius 3 is 2.76 bits per heavy atom. The minimum absolute atomic E-state index is 0.397. The predicted molar refractivity (Wildman–Crippen MR) is 117 cm³/mol. The molecule has 0 unspecified atom stereocenters. The number of hydrazone groups is 1. The molecule has 0 atom stereocenters. The number of methoxy groups -OCH3 is 1. The number of hydrogen-bond donors (Lipinski definition) is 1. The van der Waals surface area contributed by atoms with Crippen LogP contribution in [0.1, 0.15) is 18.1 Å². The van der Waals surface area contributed by atoms with E-state index in [0.29, 0.717) is 27.7 Å². The molecule has 2 heterocycles. The SMILES string of the molecule is COc1cccc2cc(-c3csc(N/N=C(\C)c4ccc(C)cc4)n3)c(=O)oc12. The summed E-state index contributed by atoms with van der Waals surface area (Å²) in [6.45, 7) is 3.97. The highest BCUT2D eigenvalue weighted by atomic mass is 32.1. The molecule has 4 rings (SSSR count). The lowest BCUT2D eigenvalue weighted by Gasteiger charge is -2.04. The van der Waals surface area contributed by atoms with Crippen molar-refractivity contribution < 1.29 is 9.15 Å². The number of anilines is 1. The summed E-state index contributed by atoms with van der Waals surface area (Å²) in [5.41, 5.74) is 6.95. The molecule has 4 aromatic rings. The van der Waals surface area contributed by atoms with E-state index in [0.717, 1.165) is 16.7 Å². The van der Waals surface area contributed by atoms with Gasteiger partial charge in [0.25, 0.3) is 0 Å². The molecule has 0 amide bonds. The zero-order valence-electron chi connectivity index (χ0n) is 16.2. The zero-order valence-corrected chi connectivity index (χ0v) is 17.0. The van der Waals surface area contributed by atoms with Crippen LogP contribution in [0.3, 0.4) is 0 Å². The van der Waals surface area contributed by atoms with E-state index in [9.17, 15) is 4.79 Å². The van der Waals surface area contributed by atoms with Crippen LogP contribution in [0.2, 0.25) is 0 Å². The van der Waals surface area contributed by atoms with Gasteiger partial charge in [-0.1, -0.05) is 42.0 Å². The van der Waals surface area contributed by atoms with Crippen LogP contribution >= 0.6 is 11.3 Å². The molecular formula is C22H19N3O3S. The van der Waals surface area contributed by atoms with Gasteiger partial charge in [0.2, 0.25) is 5.13 Å². The Morgan fingerprint density at radius 1 is 1.21 bits per heavy atom. The van der Waals surface area contributed by atoms with Crippen molar-refractivity contribution in [3.63, 3.8) is 0 Å². The minimum Gasteiger partial charge on any atom is -0.493 e. The molecule has 0 bridgehead atoms. The number of rotatable bonds is 5. The highest BCUT2D eigenvalue weighted by molar-refractivity contribution is 7.14. The van der Waals surface area contributed by atoms with Crippen LogP contribution in [-0.2, 0) is 0 Å². The zero-order chi connectivity index (χ0) is 20.4. The van der Waals surface area contributed by atoms with Gasteiger partial charge in [-0.25, -0.2) is 9.78 Å². The Kier molecular flexibility index (Phi) is 5.14. The lowest BCUT2D eigenvalue weighted by atomic mass is 10.1. The summed E-state index contributed by atoms with van der Waals surface area (Å²) in [6, 6.07) is 15.4. The van der Waals surface area contributed by atoms with Crippen LogP contribution in [0.5, 0.6) is 5.75 Å². The molecule has 1 N–H and O–H groups in total. The Balaban J connectivity index is 1.60. The van der Waals surface area contributed by atoms with Crippen LogP contribution < -0.4 is 15.8 Å². The van der Waals surface area contributed by atoms with Crippen molar-refractivity contribution in [2.45, 2.75) is 13.8 Å². The van der Waals surface area contributed by atoms with Gasteiger partial charge in [-0.3, -0.25) is 5.43 Å². The second kappa shape index (κ2) is 7.89. The van der Waals surface area contributed by atoms with E-state index >= 15 is 0 Å². The van der Waals surface area contributed by atoms with Gasteiger partial charge >= 0.3 is 5.63 Å². The Bertz CT molecular complexity index is 1260. The average molecular weight is 405 g/mol. The van der Waals surface area contributed by atoms with Crippen LogP contribution in [0.4, 0.5) is 5.13 Å². The van der Waals surface area contributed by atoms with Gasteiger partial charge < -0.3 is 9.15 Å². The first kappa shape index (κ1) is 18.9. The summed E-state index contributed by atoms with van der Waals surface area (Å²) >= 11 is 1.37. The smallest absolute Gasteiger partial charge is 0.345 e. The molecule has 0 radical (unpaired) electrons. The number of hydrogen-bond acceptors (Lipinski definition) is 7. The molecule has 0 fully saturated rings. The third kappa shape index (κ3) is 3.90. The largest absolute Gasteiger partial charge is 0.493 e. The van der Waals surface area contributed by atoms with E-state index in [-0.39, 0.29) is 0 Å². The molecule has 0 spiro atoms. The van der Waals surface area contributed by atoms with E-state index in [1.165, 1.54) is 16.9 Å². The monoisotopic (exact) mass is 405 g/mol. The summed E-state index contributed by atoms with van der Waals surface area (Å²) in [5, 5.41) is 7.56. The molecule has 2 aromatic carbocycles. The lowest BCUT2D eigenvalue weighted by Crippen LogP contribution is -2.04. The lowest BCUT2D eigenvalue weighted by molar-refractivity contribution is 0.407. The van der Waals surface area contributed by atoms with E-state index in [1.54, 1.807) is 24.6 Å². The summed E-state index contributed by atoms with van der Waals surface area (Å²) in [7, 11) is 1.54. The number of para-hydroxylation sites is 1. The Hall–Kier alpha value is -3.45. The fraction of sp³-hybridized carbons (Fsp3) is 0.136. The van der Waals surface area contributed by atoms with Crippen LogP contribution in [-0.4, -0.2) is 17.8 Å². The molecular weight excluding hydrogens is 386 g/mol. The number of benzene rings is 2. The van der Waals surface area contributed by atoms with Crippen LogP contribution in [0.25, 0.3) is 22.2 Å². The molecule has 0 saturated carbocycles. The highest BCUT2D eigenvalue weighted by Gasteiger charge is 2.13. The molecule has 0 aliphatic heterocycles. The molecule has 29 heavy (non-hydrogen) atoms. The average Bonchev–Trinajstić information content (AvgIpc) is 3.20. The van der Waals surface area contributed by atoms with Crippen molar-refractivity contribution in [1.82, 2.24) is 4.98 Å².